The summed E-state index contributed by atoms with van der Waals surface area (Å²) in [4.78, 5) is 30.9. The lowest BCUT2D eigenvalue weighted by Gasteiger charge is -2.44. The van der Waals surface area contributed by atoms with Gasteiger partial charge in [0.15, 0.2) is 6.10 Å². The van der Waals surface area contributed by atoms with Crippen LogP contribution in [-0.4, -0.2) is 51.0 Å². The normalized spacial score (nSPS) is 27.8. The van der Waals surface area contributed by atoms with Gasteiger partial charge in [0.1, 0.15) is 5.70 Å². The van der Waals surface area contributed by atoms with Crippen molar-refractivity contribution in [1.82, 2.24) is 4.90 Å². The molecular weight excluding hydrogens is 348 g/mol. The Morgan fingerprint density at radius 2 is 2.04 bits per heavy atom. The zero-order chi connectivity index (χ0) is 19.1. The van der Waals surface area contributed by atoms with Crippen LogP contribution in [0.5, 0.6) is 0 Å². The van der Waals surface area contributed by atoms with E-state index in [-0.39, 0.29) is 17.6 Å². The molecule has 0 radical (unpaired) electrons. The lowest BCUT2D eigenvalue weighted by atomic mass is 9.82. The summed E-state index contributed by atoms with van der Waals surface area (Å²) in [6.45, 7) is 1.56. The van der Waals surface area contributed by atoms with E-state index in [0.29, 0.717) is 18.4 Å². The molecular formula is C20H22N2O5. The highest BCUT2D eigenvalue weighted by Gasteiger charge is 2.58. The minimum absolute atomic E-state index is 0.00593. The molecule has 0 unspecified atom stereocenters. The van der Waals surface area contributed by atoms with Crippen molar-refractivity contribution in [1.29, 1.82) is 0 Å². The first-order chi connectivity index (χ1) is 13.0. The molecule has 1 amide bonds. The maximum atomic E-state index is 12.3. The molecule has 27 heavy (non-hydrogen) atoms. The molecule has 3 aliphatic rings. The minimum Gasteiger partial charge on any atom is -0.477 e. The first kappa shape index (κ1) is 17.7. The first-order valence-electron chi connectivity index (χ1n) is 9.20. The van der Waals surface area contributed by atoms with E-state index in [9.17, 15) is 19.8 Å². The molecule has 0 spiro atoms. The molecule has 0 saturated carbocycles. The number of carboxylic acids is 1. The molecule has 3 aliphatic heterocycles. The number of aliphatic hydroxyl groups excluding tert-OH is 1. The van der Waals surface area contributed by atoms with Gasteiger partial charge in [-0.3, -0.25) is 4.79 Å². The van der Waals surface area contributed by atoms with Crippen LogP contribution >= 0.6 is 0 Å². The lowest BCUT2D eigenvalue weighted by Crippen LogP contribution is -2.61. The smallest absolute Gasteiger partial charge is 0.352 e. The van der Waals surface area contributed by atoms with Gasteiger partial charge < -0.3 is 20.0 Å². The highest BCUT2D eigenvalue weighted by molar-refractivity contribution is 6.00. The van der Waals surface area contributed by atoms with Gasteiger partial charge in [-0.15, -0.1) is 0 Å². The fraction of sp³-hybridized carbons (Fsp3) is 0.450. The molecule has 7 heteroatoms. The Bertz CT molecular complexity index is 830. The third-order valence-corrected chi connectivity index (χ3v) is 5.63. The predicted molar refractivity (Wildman–Crippen MR) is 96.8 cm³/mol. The summed E-state index contributed by atoms with van der Waals surface area (Å²) in [6, 6.07) is 9.78. The maximum absolute atomic E-state index is 12.3. The molecule has 7 nitrogen and oxygen atoms in total. The highest BCUT2D eigenvalue weighted by atomic mass is 16.6. The van der Waals surface area contributed by atoms with Crippen molar-refractivity contribution in [3.63, 3.8) is 0 Å². The lowest BCUT2D eigenvalue weighted by molar-refractivity contribution is -0.161. The number of β-lactam (4-membered cyclic amide) rings is 1. The largest absolute Gasteiger partial charge is 0.477 e. The van der Waals surface area contributed by atoms with Crippen LogP contribution in [0.3, 0.4) is 0 Å². The SMILES string of the molecule is C[C@@H](O)[C@H]1C(=O)N2C(C(=O)O)=C([C@H]3CC(CCc4ccccc4)=NO3)C[C@H]12. The number of amides is 1. The maximum Gasteiger partial charge on any atom is 0.352 e. The zero-order valence-corrected chi connectivity index (χ0v) is 15.0. The topological polar surface area (TPSA) is 99.4 Å². The molecule has 1 aromatic carbocycles. The molecule has 3 heterocycles. The predicted octanol–water partition coefficient (Wildman–Crippen LogP) is 1.71. The van der Waals surface area contributed by atoms with Crippen LogP contribution in [-0.2, 0) is 20.8 Å². The molecule has 1 saturated heterocycles. The summed E-state index contributed by atoms with van der Waals surface area (Å²) in [6.07, 6.45) is 1.30. The van der Waals surface area contributed by atoms with E-state index in [2.05, 4.69) is 17.3 Å². The average molecular weight is 370 g/mol. The Labute approximate surface area is 156 Å². The monoisotopic (exact) mass is 370 g/mol. The van der Waals surface area contributed by atoms with E-state index >= 15 is 0 Å². The Kier molecular flexibility index (Phi) is 4.47. The minimum atomic E-state index is -1.13. The van der Waals surface area contributed by atoms with Crippen molar-refractivity contribution in [3.8, 4) is 0 Å². The quantitative estimate of drug-likeness (QED) is 0.743. The van der Waals surface area contributed by atoms with E-state index < -0.39 is 24.1 Å². The fourth-order valence-electron chi connectivity index (χ4n) is 4.28. The number of oxime groups is 1. The number of hydrogen-bond donors (Lipinski definition) is 2. The van der Waals surface area contributed by atoms with E-state index in [1.807, 2.05) is 18.2 Å². The number of nitrogens with zero attached hydrogens (tertiary/aromatic N) is 2. The number of hydrogen-bond acceptors (Lipinski definition) is 5. The average Bonchev–Trinajstić information content (AvgIpc) is 3.23. The van der Waals surface area contributed by atoms with Gasteiger partial charge in [-0.05, 0) is 31.7 Å². The van der Waals surface area contributed by atoms with Gasteiger partial charge in [0.2, 0.25) is 5.91 Å². The second-order valence-corrected chi connectivity index (χ2v) is 7.37. The van der Waals surface area contributed by atoms with Gasteiger partial charge in [-0.25, -0.2) is 4.79 Å². The number of carbonyl (C=O) groups excluding carboxylic acids is 1. The van der Waals surface area contributed by atoms with E-state index in [1.54, 1.807) is 6.92 Å². The molecule has 4 atom stereocenters. The Hall–Kier alpha value is -2.67. The second-order valence-electron chi connectivity index (χ2n) is 7.37. The number of carbonyl (C=O) groups is 2. The summed E-state index contributed by atoms with van der Waals surface area (Å²) in [5.74, 6) is -2.01. The van der Waals surface area contributed by atoms with Crippen LogP contribution in [0.1, 0.15) is 31.7 Å². The van der Waals surface area contributed by atoms with Crippen molar-refractivity contribution in [2.45, 2.75) is 50.9 Å². The van der Waals surface area contributed by atoms with Crippen LogP contribution in [0.2, 0.25) is 0 Å². The summed E-state index contributed by atoms with van der Waals surface area (Å²) in [5, 5.41) is 23.6. The third-order valence-electron chi connectivity index (χ3n) is 5.63. The molecule has 142 valence electrons. The van der Waals surface area contributed by atoms with Gasteiger partial charge in [-0.1, -0.05) is 35.5 Å². The van der Waals surface area contributed by atoms with Crippen molar-refractivity contribution < 1.29 is 24.6 Å². The fourth-order valence-corrected chi connectivity index (χ4v) is 4.28. The highest BCUT2D eigenvalue weighted by Crippen LogP contribution is 2.46. The number of aliphatic hydroxyl groups is 1. The number of carboxylic acid groups (broad SMARTS) is 1. The Morgan fingerprint density at radius 3 is 2.70 bits per heavy atom. The van der Waals surface area contributed by atoms with Crippen LogP contribution in [0.4, 0.5) is 0 Å². The number of aryl methyl sites for hydroxylation is 1. The molecule has 0 aliphatic carbocycles. The van der Waals surface area contributed by atoms with Crippen LogP contribution in [0, 0.1) is 5.92 Å². The molecule has 2 N–H and O–H groups in total. The van der Waals surface area contributed by atoms with Crippen LogP contribution in [0.25, 0.3) is 0 Å². The van der Waals surface area contributed by atoms with Crippen molar-refractivity contribution >= 4 is 17.6 Å². The number of aliphatic carboxylic acids is 1. The van der Waals surface area contributed by atoms with Gasteiger partial charge in [0.25, 0.3) is 0 Å². The van der Waals surface area contributed by atoms with Gasteiger partial charge in [0, 0.05) is 12.0 Å². The number of rotatable bonds is 6. The summed E-state index contributed by atoms with van der Waals surface area (Å²) in [5.41, 5.74) is 2.71. The van der Waals surface area contributed by atoms with Crippen LogP contribution in [0.15, 0.2) is 46.8 Å². The molecule has 0 bridgehead atoms. The van der Waals surface area contributed by atoms with Crippen molar-refractivity contribution in [3.05, 3.63) is 47.2 Å². The Morgan fingerprint density at radius 1 is 1.30 bits per heavy atom. The number of benzene rings is 1. The van der Waals surface area contributed by atoms with Gasteiger partial charge in [0.05, 0.1) is 23.8 Å². The van der Waals surface area contributed by atoms with Crippen molar-refractivity contribution in [2.24, 2.45) is 11.1 Å². The number of fused-ring (bicyclic) bond motifs is 1. The third kappa shape index (κ3) is 3.02. The molecule has 4 rings (SSSR count). The first-order valence-corrected chi connectivity index (χ1v) is 9.20. The summed E-state index contributed by atoms with van der Waals surface area (Å²) in [7, 11) is 0. The molecule has 1 fully saturated rings. The second kappa shape index (κ2) is 6.81. The standard InChI is InChI=1S/C20H22N2O5/c1-11(23)17-15-10-14(18(20(25)26)22(15)19(17)24)16-9-13(21-27-16)8-7-12-5-3-2-4-6-12/h2-6,11,15-17,23H,7-10H2,1H3,(H,25,26)/t11-,15-,16-,17-/m1/s1. The summed E-state index contributed by atoms with van der Waals surface area (Å²) < 4.78 is 0. The van der Waals surface area contributed by atoms with E-state index in [4.69, 9.17) is 4.84 Å². The zero-order valence-electron chi connectivity index (χ0n) is 15.0. The van der Waals surface area contributed by atoms with E-state index in [1.165, 1.54) is 10.5 Å². The van der Waals surface area contributed by atoms with Crippen molar-refractivity contribution in [2.75, 3.05) is 0 Å². The van der Waals surface area contributed by atoms with Gasteiger partial charge in [-0.2, -0.15) is 0 Å². The van der Waals surface area contributed by atoms with Crippen LogP contribution < -0.4 is 0 Å². The Balaban J connectivity index is 1.45. The molecule has 1 aromatic rings. The molecule has 0 aromatic heterocycles. The van der Waals surface area contributed by atoms with E-state index in [0.717, 1.165) is 18.6 Å². The van der Waals surface area contributed by atoms with Gasteiger partial charge >= 0.3 is 5.97 Å². The summed E-state index contributed by atoms with van der Waals surface area (Å²) >= 11 is 0.